The lowest BCUT2D eigenvalue weighted by Crippen LogP contribution is -2.29. The van der Waals surface area contributed by atoms with E-state index in [2.05, 4.69) is 5.32 Å². The van der Waals surface area contributed by atoms with Gasteiger partial charge in [-0.25, -0.2) is 14.2 Å². The fourth-order valence-electron chi connectivity index (χ4n) is 2.81. The number of rotatable bonds is 6. The van der Waals surface area contributed by atoms with Crippen molar-refractivity contribution in [3.63, 3.8) is 0 Å². The lowest BCUT2D eigenvalue weighted by molar-refractivity contribution is -0.118. The van der Waals surface area contributed by atoms with E-state index in [1.807, 2.05) is 20.8 Å². The molecule has 1 aromatic heterocycles. The number of aromatic nitrogens is 1. The predicted molar refractivity (Wildman–Crippen MR) is 118 cm³/mol. The highest BCUT2D eigenvalue weighted by Gasteiger charge is 2.26. The summed E-state index contributed by atoms with van der Waals surface area (Å²) < 4.78 is 17.3. The van der Waals surface area contributed by atoms with Crippen LogP contribution in [0.4, 0.5) is 10.5 Å². The molecular weight excluding hydrogens is 400 g/mol. The van der Waals surface area contributed by atoms with Gasteiger partial charge in [0, 0.05) is 11.1 Å². The summed E-state index contributed by atoms with van der Waals surface area (Å²) in [6, 6.07) is 6.63. The van der Waals surface area contributed by atoms with Crippen LogP contribution in [0.2, 0.25) is 0 Å². The topological polar surface area (TPSA) is 95.9 Å². The number of fused-ring (bicyclic) bond motifs is 1. The number of amides is 1. The molecule has 0 spiro atoms. The van der Waals surface area contributed by atoms with Gasteiger partial charge in [0.15, 0.2) is 0 Å². The molecule has 1 N–H and O–H groups in total. The minimum absolute atomic E-state index is 0.0631. The minimum atomic E-state index is -0.751. The Balaban J connectivity index is 2.34. The van der Waals surface area contributed by atoms with Crippen molar-refractivity contribution in [2.24, 2.45) is 0 Å². The Morgan fingerprint density at radius 3 is 2.26 bits per heavy atom. The summed E-state index contributed by atoms with van der Waals surface area (Å²) in [6.45, 7) is 13.1. The number of carbonyl (C=O) groups is 3. The number of nitrogens with one attached hydrogen (secondary N) is 1. The third-order valence-corrected chi connectivity index (χ3v) is 4.01. The Bertz CT molecular complexity index is 963. The molecule has 2 aromatic rings. The highest BCUT2D eigenvalue weighted by Crippen LogP contribution is 2.26. The largest absolute Gasteiger partial charge is 0.461 e. The van der Waals surface area contributed by atoms with Crippen LogP contribution >= 0.6 is 0 Å². The first-order valence-electron chi connectivity index (χ1n) is 10.3. The molecule has 0 aliphatic rings. The summed E-state index contributed by atoms with van der Waals surface area (Å²) >= 11 is 0. The summed E-state index contributed by atoms with van der Waals surface area (Å²) in [5, 5.41) is 3.44. The first-order chi connectivity index (χ1) is 14.3. The number of benzene rings is 1. The standard InChI is InChI=1S/C23H32N2O6/c1-8-29-20(27)18-13-15-9-10-16(24-19(26)11-12-30-22(2,3)4)14-17(15)25(18)21(28)31-23(5,6)7/h9-10,13-14H,8,11-12H2,1-7H3,(H,24,26). The maximum atomic E-state index is 12.9. The van der Waals surface area contributed by atoms with Crippen LogP contribution in [0.25, 0.3) is 10.9 Å². The quantitative estimate of drug-likeness (QED) is 0.662. The van der Waals surface area contributed by atoms with Crippen molar-refractivity contribution >= 4 is 34.6 Å². The molecule has 0 saturated carbocycles. The second-order valence-electron chi connectivity index (χ2n) is 9.10. The van der Waals surface area contributed by atoms with Gasteiger partial charge in [0.05, 0.1) is 30.8 Å². The summed E-state index contributed by atoms with van der Waals surface area (Å²) in [7, 11) is 0. The fraction of sp³-hybridized carbons (Fsp3) is 0.522. The Labute approximate surface area is 182 Å². The van der Waals surface area contributed by atoms with Gasteiger partial charge in [0.25, 0.3) is 0 Å². The number of carbonyl (C=O) groups excluding carboxylic acids is 3. The molecule has 0 unspecified atom stereocenters. The van der Waals surface area contributed by atoms with Crippen LogP contribution in [-0.2, 0) is 19.0 Å². The van der Waals surface area contributed by atoms with Gasteiger partial charge in [-0.15, -0.1) is 0 Å². The lowest BCUT2D eigenvalue weighted by atomic mass is 10.2. The van der Waals surface area contributed by atoms with Crippen molar-refractivity contribution < 1.29 is 28.6 Å². The van der Waals surface area contributed by atoms with Gasteiger partial charge in [-0.1, -0.05) is 6.07 Å². The SMILES string of the molecule is CCOC(=O)c1cc2ccc(NC(=O)CCOC(C)(C)C)cc2n1C(=O)OC(C)(C)C. The first kappa shape index (κ1) is 24.4. The monoisotopic (exact) mass is 432 g/mol. The molecule has 31 heavy (non-hydrogen) atoms. The zero-order chi connectivity index (χ0) is 23.4. The van der Waals surface area contributed by atoms with Crippen molar-refractivity contribution in [2.75, 3.05) is 18.5 Å². The van der Waals surface area contributed by atoms with E-state index in [1.165, 1.54) is 4.57 Å². The van der Waals surface area contributed by atoms with Gasteiger partial charge in [-0.05, 0) is 66.7 Å². The van der Waals surface area contributed by atoms with E-state index in [9.17, 15) is 14.4 Å². The normalized spacial score (nSPS) is 12.0. The Hall–Kier alpha value is -2.87. The molecule has 0 fully saturated rings. The Morgan fingerprint density at radius 1 is 1.00 bits per heavy atom. The number of anilines is 1. The molecule has 0 saturated heterocycles. The van der Waals surface area contributed by atoms with Crippen LogP contribution in [0.3, 0.4) is 0 Å². The van der Waals surface area contributed by atoms with Gasteiger partial charge in [0.2, 0.25) is 5.91 Å². The molecule has 2 rings (SSSR count). The van der Waals surface area contributed by atoms with Crippen LogP contribution < -0.4 is 5.32 Å². The van der Waals surface area contributed by atoms with E-state index < -0.39 is 17.7 Å². The lowest BCUT2D eigenvalue weighted by Gasteiger charge is -2.20. The molecule has 0 bridgehead atoms. The van der Waals surface area contributed by atoms with E-state index >= 15 is 0 Å². The molecule has 8 nitrogen and oxygen atoms in total. The third-order valence-electron chi connectivity index (χ3n) is 4.01. The summed E-state index contributed by atoms with van der Waals surface area (Å²) in [5.74, 6) is -0.848. The maximum Gasteiger partial charge on any atom is 0.419 e. The molecule has 0 atom stereocenters. The van der Waals surface area contributed by atoms with Gasteiger partial charge in [-0.3, -0.25) is 4.79 Å². The molecule has 1 aromatic carbocycles. The van der Waals surface area contributed by atoms with E-state index in [4.69, 9.17) is 14.2 Å². The minimum Gasteiger partial charge on any atom is -0.461 e. The highest BCUT2D eigenvalue weighted by atomic mass is 16.6. The average molecular weight is 433 g/mol. The summed E-state index contributed by atoms with van der Waals surface area (Å²) in [4.78, 5) is 37.6. The van der Waals surface area contributed by atoms with Crippen molar-refractivity contribution in [1.29, 1.82) is 0 Å². The summed E-state index contributed by atoms with van der Waals surface area (Å²) in [6.07, 6.45) is -0.510. The molecule has 0 radical (unpaired) electrons. The molecule has 0 aliphatic carbocycles. The molecular formula is C23H32N2O6. The first-order valence-corrected chi connectivity index (χ1v) is 10.3. The molecule has 1 heterocycles. The number of nitrogens with zero attached hydrogens (tertiary/aromatic N) is 1. The van der Waals surface area contributed by atoms with E-state index in [0.717, 1.165) is 0 Å². The third kappa shape index (κ3) is 7.10. The highest BCUT2D eigenvalue weighted by molar-refractivity contribution is 6.03. The maximum absolute atomic E-state index is 12.9. The van der Waals surface area contributed by atoms with Crippen LogP contribution in [0.5, 0.6) is 0 Å². The van der Waals surface area contributed by atoms with E-state index in [1.54, 1.807) is 52.0 Å². The van der Waals surface area contributed by atoms with Gasteiger partial charge in [-0.2, -0.15) is 0 Å². The van der Waals surface area contributed by atoms with E-state index in [0.29, 0.717) is 23.2 Å². The summed E-state index contributed by atoms with van der Waals surface area (Å²) in [5.41, 5.74) is -0.0872. The number of hydrogen-bond donors (Lipinski definition) is 1. The van der Waals surface area contributed by atoms with Gasteiger partial charge in [0.1, 0.15) is 11.3 Å². The molecule has 1 amide bonds. The fourth-order valence-corrected chi connectivity index (χ4v) is 2.81. The van der Waals surface area contributed by atoms with Gasteiger partial charge < -0.3 is 19.5 Å². The Kier molecular flexibility index (Phi) is 7.49. The van der Waals surface area contributed by atoms with Crippen molar-refractivity contribution in [2.45, 2.75) is 66.1 Å². The average Bonchev–Trinajstić information content (AvgIpc) is 2.98. The van der Waals surface area contributed by atoms with Crippen LogP contribution in [-0.4, -0.2) is 47.0 Å². The van der Waals surface area contributed by atoms with Crippen LogP contribution in [0.15, 0.2) is 24.3 Å². The van der Waals surface area contributed by atoms with Crippen molar-refractivity contribution in [3.05, 3.63) is 30.0 Å². The van der Waals surface area contributed by atoms with E-state index in [-0.39, 0.29) is 30.2 Å². The Morgan fingerprint density at radius 2 is 1.68 bits per heavy atom. The smallest absolute Gasteiger partial charge is 0.419 e. The van der Waals surface area contributed by atoms with Crippen LogP contribution in [0.1, 0.15) is 65.4 Å². The molecule has 0 aliphatic heterocycles. The van der Waals surface area contributed by atoms with Gasteiger partial charge >= 0.3 is 12.1 Å². The van der Waals surface area contributed by atoms with Crippen molar-refractivity contribution in [3.8, 4) is 0 Å². The number of esters is 1. The zero-order valence-corrected chi connectivity index (χ0v) is 19.3. The molecule has 8 heteroatoms. The zero-order valence-electron chi connectivity index (χ0n) is 19.3. The second-order valence-corrected chi connectivity index (χ2v) is 9.10. The predicted octanol–water partition coefficient (Wildman–Crippen LogP) is 4.74. The second kappa shape index (κ2) is 9.51. The van der Waals surface area contributed by atoms with Crippen molar-refractivity contribution in [1.82, 2.24) is 4.57 Å². The molecule has 170 valence electrons. The number of hydrogen-bond acceptors (Lipinski definition) is 6. The van der Waals surface area contributed by atoms with Crippen LogP contribution in [0, 0.1) is 0 Å². The number of ether oxygens (including phenoxy) is 3.